The first kappa shape index (κ1) is 16.5. The molecule has 0 aliphatic carbocycles. The average molecular weight is 307 g/mol. The molecule has 2 aromatic rings. The van der Waals surface area contributed by atoms with Gasteiger partial charge in [-0.2, -0.15) is 0 Å². The number of unbranched alkanes of at least 4 members (excludes halogenated alkanes) is 1. The first-order chi connectivity index (χ1) is 10.2. The second kappa shape index (κ2) is 5.72. The molecule has 0 aromatic carbocycles. The Morgan fingerprint density at radius 3 is 2.27 bits per heavy atom. The first-order valence-corrected chi connectivity index (χ1v) is 7.57. The van der Waals surface area contributed by atoms with Crippen molar-refractivity contribution < 1.29 is 0 Å². The van der Waals surface area contributed by atoms with Crippen LogP contribution in [0.15, 0.2) is 9.59 Å². The number of hydrogen-bond acceptors (Lipinski definition) is 4. The van der Waals surface area contributed by atoms with Crippen molar-refractivity contribution in [2.45, 2.75) is 45.6 Å². The van der Waals surface area contributed by atoms with Gasteiger partial charge in [0, 0.05) is 26.1 Å². The van der Waals surface area contributed by atoms with E-state index in [1.807, 2.05) is 4.57 Å². The number of imidazole rings is 1. The summed E-state index contributed by atoms with van der Waals surface area (Å²) in [7, 11) is 3.14. The van der Waals surface area contributed by atoms with E-state index in [2.05, 4.69) is 25.8 Å². The summed E-state index contributed by atoms with van der Waals surface area (Å²) < 4.78 is 4.52. The topological polar surface area (TPSA) is 87.8 Å². The maximum atomic E-state index is 12.6. The van der Waals surface area contributed by atoms with E-state index in [1.54, 1.807) is 7.05 Å². The van der Waals surface area contributed by atoms with Crippen LogP contribution in [0.25, 0.3) is 11.2 Å². The Labute approximate surface area is 129 Å². The molecule has 0 atom stereocenters. The Morgan fingerprint density at radius 2 is 1.73 bits per heavy atom. The molecule has 0 spiro atoms. The van der Waals surface area contributed by atoms with Gasteiger partial charge >= 0.3 is 5.69 Å². The van der Waals surface area contributed by atoms with Gasteiger partial charge in [0.25, 0.3) is 5.56 Å². The minimum absolute atomic E-state index is 0.219. The van der Waals surface area contributed by atoms with Gasteiger partial charge < -0.3 is 10.3 Å². The highest BCUT2D eigenvalue weighted by atomic mass is 16.2. The zero-order valence-corrected chi connectivity index (χ0v) is 14.0. The monoisotopic (exact) mass is 307 g/mol. The molecule has 0 bridgehead atoms. The molecular weight excluding hydrogens is 282 g/mol. The summed E-state index contributed by atoms with van der Waals surface area (Å²) in [5.41, 5.74) is 5.63. The molecule has 0 saturated heterocycles. The second-order valence-electron chi connectivity index (χ2n) is 6.71. The minimum Gasteiger partial charge on any atom is -0.330 e. The summed E-state index contributed by atoms with van der Waals surface area (Å²) in [6.07, 6.45) is 1.76. The zero-order chi connectivity index (χ0) is 16.7. The van der Waals surface area contributed by atoms with Crippen LogP contribution in [0, 0.1) is 0 Å². The third kappa shape index (κ3) is 2.61. The highest BCUT2D eigenvalue weighted by Crippen LogP contribution is 2.24. The van der Waals surface area contributed by atoms with Crippen molar-refractivity contribution in [1.82, 2.24) is 18.7 Å². The summed E-state index contributed by atoms with van der Waals surface area (Å²) in [4.78, 5) is 29.3. The predicted molar refractivity (Wildman–Crippen MR) is 87.2 cm³/mol. The van der Waals surface area contributed by atoms with Gasteiger partial charge in [0.05, 0.1) is 0 Å². The SMILES string of the molecule is Cn1c(=O)c2c(nc(C(C)(C)C)n2CCCCN)n(C)c1=O. The minimum atomic E-state index is -0.357. The van der Waals surface area contributed by atoms with Gasteiger partial charge in [0.2, 0.25) is 0 Å². The fraction of sp³-hybridized carbons (Fsp3) is 0.667. The van der Waals surface area contributed by atoms with E-state index in [0.717, 1.165) is 23.2 Å². The summed E-state index contributed by atoms with van der Waals surface area (Å²) in [5, 5.41) is 0. The largest absolute Gasteiger partial charge is 0.332 e. The molecule has 22 heavy (non-hydrogen) atoms. The average Bonchev–Trinajstić information content (AvgIpc) is 2.83. The molecule has 0 aliphatic heterocycles. The van der Waals surface area contributed by atoms with Crippen molar-refractivity contribution in [3.8, 4) is 0 Å². The number of nitrogens with two attached hydrogens (primary N) is 1. The van der Waals surface area contributed by atoms with E-state index in [0.29, 0.717) is 24.3 Å². The lowest BCUT2D eigenvalue weighted by Crippen LogP contribution is -2.37. The summed E-state index contributed by atoms with van der Waals surface area (Å²) in [6.45, 7) is 7.45. The Kier molecular flexibility index (Phi) is 4.28. The van der Waals surface area contributed by atoms with E-state index < -0.39 is 0 Å². The predicted octanol–water partition coefficient (Wildman–Crippen LogP) is 0.470. The molecule has 0 saturated carbocycles. The van der Waals surface area contributed by atoms with Crippen molar-refractivity contribution >= 4 is 11.2 Å². The lowest BCUT2D eigenvalue weighted by molar-refractivity contribution is 0.492. The molecule has 2 rings (SSSR count). The molecule has 0 fully saturated rings. The van der Waals surface area contributed by atoms with Crippen LogP contribution in [0.1, 0.15) is 39.4 Å². The van der Waals surface area contributed by atoms with Crippen molar-refractivity contribution in [2.75, 3.05) is 6.54 Å². The highest BCUT2D eigenvalue weighted by Gasteiger charge is 2.26. The maximum absolute atomic E-state index is 12.6. The van der Waals surface area contributed by atoms with Crippen LogP contribution in [0.4, 0.5) is 0 Å². The third-order valence-corrected chi connectivity index (χ3v) is 3.85. The van der Waals surface area contributed by atoms with Crippen molar-refractivity contribution in [3.63, 3.8) is 0 Å². The van der Waals surface area contributed by atoms with Crippen molar-refractivity contribution in [1.29, 1.82) is 0 Å². The third-order valence-electron chi connectivity index (χ3n) is 3.85. The van der Waals surface area contributed by atoms with E-state index >= 15 is 0 Å². The van der Waals surface area contributed by atoms with Crippen LogP contribution < -0.4 is 17.0 Å². The Hall–Kier alpha value is -1.89. The van der Waals surface area contributed by atoms with Crippen LogP contribution in [-0.4, -0.2) is 25.2 Å². The zero-order valence-electron chi connectivity index (χ0n) is 14.0. The van der Waals surface area contributed by atoms with Gasteiger partial charge in [-0.1, -0.05) is 20.8 Å². The molecule has 0 aliphatic rings. The fourth-order valence-electron chi connectivity index (χ4n) is 2.65. The van der Waals surface area contributed by atoms with Gasteiger partial charge in [-0.25, -0.2) is 9.78 Å². The lowest BCUT2D eigenvalue weighted by atomic mass is 9.95. The van der Waals surface area contributed by atoms with E-state index in [1.165, 1.54) is 11.6 Å². The molecule has 2 heterocycles. The van der Waals surface area contributed by atoms with Gasteiger partial charge in [-0.3, -0.25) is 13.9 Å². The second-order valence-corrected chi connectivity index (χ2v) is 6.71. The summed E-state index contributed by atoms with van der Waals surface area (Å²) in [5.74, 6) is 0.817. The number of hydrogen-bond donors (Lipinski definition) is 1. The Morgan fingerprint density at radius 1 is 1.09 bits per heavy atom. The smallest absolute Gasteiger partial charge is 0.330 e. The van der Waals surface area contributed by atoms with E-state index in [4.69, 9.17) is 5.73 Å². The summed E-state index contributed by atoms with van der Waals surface area (Å²) >= 11 is 0. The highest BCUT2D eigenvalue weighted by molar-refractivity contribution is 5.71. The number of rotatable bonds is 4. The maximum Gasteiger partial charge on any atom is 0.332 e. The standard InChI is InChI=1S/C15H25N5O2/c1-15(2,3)13-17-11-10(20(13)9-7-6-8-16)12(21)19(5)14(22)18(11)4/h6-9,16H2,1-5H3. The van der Waals surface area contributed by atoms with E-state index in [9.17, 15) is 9.59 Å². The van der Waals surface area contributed by atoms with Crippen LogP contribution in [0.5, 0.6) is 0 Å². The van der Waals surface area contributed by atoms with Gasteiger partial charge in [0.15, 0.2) is 11.2 Å². The molecular formula is C15H25N5O2. The Bertz CT molecular complexity index is 804. The molecule has 0 amide bonds. The van der Waals surface area contributed by atoms with Gasteiger partial charge in [-0.05, 0) is 19.4 Å². The van der Waals surface area contributed by atoms with Crippen LogP contribution in [-0.2, 0) is 26.1 Å². The molecule has 122 valence electrons. The quantitative estimate of drug-likeness (QED) is 0.832. The van der Waals surface area contributed by atoms with Gasteiger partial charge in [-0.15, -0.1) is 0 Å². The number of aromatic nitrogens is 4. The van der Waals surface area contributed by atoms with Crippen LogP contribution in [0.2, 0.25) is 0 Å². The van der Waals surface area contributed by atoms with E-state index in [-0.39, 0.29) is 16.7 Å². The lowest BCUT2D eigenvalue weighted by Gasteiger charge is -2.19. The van der Waals surface area contributed by atoms with Crippen LogP contribution >= 0.6 is 0 Å². The van der Waals surface area contributed by atoms with Crippen molar-refractivity contribution in [3.05, 3.63) is 26.7 Å². The number of nitrogens with zero attached hydrogens (tertiary/aromatic N) is 4. The number of fused-ring (bicyclic) bond motifs is 1. The molecule has 7 heteroatoms. The fourth-order valence-corrected chi connectivity index (χ4v) is 2.65. The number of aryl methyl sites for hydroxylation is 2. The normalized spacial score (nSPS) is 12.3. The summed E-state index contributed by atoms with van der Waals surface area (Å²) in [6, 6.07) is 0. The molecule has 0 unspecified atom stereocenters. The van der Waals surface area contributed by atoms with Gasteiger partial charge in [0.1, 0.15) is 5.82 Å². The Balaban J connectivity index is 2.82. The van der Waals surface area contributed by atoms with Crippen LogP contribution in [0.3, 0.4) is 0 Å². The molecule has 2 N–H and O–H groups in total. The molecule has 2 aromatic heterocycles. The molecule has 0 radical (unpaired) electrons. The first-order valence-electron chi connectivity index (χ1n) is 7.57. The molecule has 7 nitrogen and oxygen atoms in total. The van der Waals surface area contributed by atoms with Crippen molar-refractivity contribution in [2.24, 2.45) is 19.8 Å².